The van der Waals surface area contributed by atoms with Crippen molar-refractivity contribution in [2.75, 3.05) is 13.2 Å². The van der Waals surface area contributed by atoms with E-state index < -0.39 is 6.10 Å². The number of hydrogen-bond donors (Lipinski definition) is 2. The molecule has 2 aliphatic rings. The molecule has 0 spiro atoms. The SMILES string of the molecule is O=C1OC[C@@H]2[C@@H](CO)[C@H](O)C[C@H]12. The molecule has 2 fully saturated rings. The average Bonchev–Trinajstić information content (AvgIpc) is 2.52. The molecule has 68 valence electrons. The van der Waals surface area contributed by atoms with Crippen LogP contribution in [0.4, 0.5) is 0 Å². The molecule has 12 heavy (non-hydrogen) atoms. The van der Waals surface area contributed by atoms with Gasteiger partial charge in [0.25, 0.3) is 0 Å². The molecule has 1 saturated heterocycles. The minimum Gasteiger partial charge on any atom is -0.465 e. The maximum atomic E-state index is 11.0. The first-order chi connectivity index (χ1) is 5.74. The number of hydrogen-bond acceptors (Lipinski definition) is 4. The highest BCUT2D eigenvalue weighted by molar-refractivity contribution is 5.75. The van der Waals surface area contributed by atoms with Gasteiger partial charge in [0.2, 0.25) is 0 Å². The summed E-state index contributed by atoms with van der Waals surface area (Å²) in [6.07, 6.45) is -0.0767. The Kier molecular flexibility index (Phi) is 1.81. The van der Waals surface area contributed by atoms with Crippen LogP contribution in [0.1, 0.15) is 6.42 Å². The summed E-state index contributed by atoms with van der Waals surface area (Å²) in [5.41, 5.74) is 0. The highest BCUT2D eigenvalue weighted by Gasteiger charge is 2.50. The van der Waals surface area contributed by atoms with Gasteiger partial charge in [-0.25, -0.2) is 0 Å². The molecule has 0 amide bonds. The molecule has 2 rings (SSSR count). The van der Waals surface area contributed by atoms with Gasteiger partial charge in [-0.15, -0.1) is 0 Å². The Hall–Kier alpha value is -0.610. The van der Waals surface area contributed by atoms with E-state index in [0.29, 0.717) is 13.0 Å². The maximum absolute atomic E-state index is 11.0. The van der Waals surface area contributed by atoms with E-state index in [9.17, 15) is 9.90 Å². The molecular formula is C8H12O4. The Morgan fingerprint density at radius 1 is 1.58 bits per heavy atom. The molecule has 0 bridgehead atoms. The van der Waals surface area contributed by atoms with Crippen LogP contribution < -0.4 is 0 Å². The quantitative estimate of drug-likeness (QED) is 0.505. The fourth-order valence-electron chi connectivity index (χ4n) is 2.25. The molecule has 0 unspecified atom stereocenters. The van der Waals surface area contributed by atoms with E-state index in [4.69, 9.17) is 9.84 Å². The number of carbonyl (C=O) groups is 1. The summed E-state index contributed by atoms with van der Waals surface area (Å²) < 4.78 is 4.84. The second-order valence-electron chi connectivity index (χ2n) is 3.55. The lowest BCUT2D eigenvalue weighted by atomic mass is 9.92. The van der Waals surface area contributed by atoms with Gasteiger partial charge in [0.15, 0.2) is 0 Å². The molecule has 4 heteroatoms. The van der Waals surface area contributed by atoms with Crippen molar-refractivity contribution < 1.29 is 19.7 Å². The van der Waals surface area contributed by atoms with Crippen LogP contribution in [-0.4, -0.2) is 35.5 Å². The number of fused-ring (bicyclic) bond motifs is 1. The predicted molar refractivity (Wildman–Crippen MR) is 39.1 cm³/mol. The summed E-state index contributed by atoms with van der Waals surface area (Å²) in [4.78, 5) is 11.0. The van der Waals surface area contributed by atoms with Crippen LogP contribution in [0, 0.1) is 17.8 Å². The maximum Gasteiger partial charge on any atom is 0.309 e. The molecule has 1 aliphatic heterocycles. The van der Waals surface area contributed by atoms with Gasteiger partial charge in [-0.05, 0) is 6.42 Å². The Balaban J connectivity index is 2.15. The van der Waals surface area contributed by atoms with E-state index in [0.717, 1.165) is 0 Å². The molecule has 0 radical (unpaired) electrons. The van der Waals surface area contributed by atoms with E-state index in [2.05, 4.69) is 0 Å². The third kappa shape index (κ3) is 0.949. The smallest absolute Gasteiger partial charge is 0.309 e. The van der Waals surface area contributed by atoms with E-state index in [-0.39, 0.29) is 30.3 Å². The third-order valence-electron chi connectivity index (χ3n) is 2.99. The van der Waals surface area contributed by atoms with E-state index in [1.165, 1.54) is 0 Å². The van der Waals surface area contributed by atoms with Gasteiger partial charge in [-0.1, -0.05) is 0 Å². The summed E-state index contributed by atoms with van der Waals surface area (Å²) in [6, 6.07) is 0. The van der Waals surface area contributed by atoms with Crippen molar-refractivity contribution >= 4 is 5.97 Å². The number of carbonyl (C=O) groups excluding carboxylic acids is 1. The number of ether oxygens (including phenoxy) is 1. The van der Waals surface area contributed by atoms with Crippen molar-refractivity contribution in [3.8, 4) is 0 Å². The topological polar surface area (TPSA) is 66.8 Å². The van der Waals surface area contributed by atoms with Crippen LogP contribution >= 0.6 is 0 Å². The zero-order valence-electron chi connectivity index (χ0n) is 6.64. The number of aliphatic hydroxyl groups excluding tert-OH is 2. The first-order valence-electron chi connectivity index (χ1n) is 4.19. The van der Waals surface area contributed by atoms with Gasteiger partial charge in [0.1, 0.15) is 0 Å². The molecular weight excluding hydrogens is 160 g/mol. The summed E-state index contributed by atoms with van der Waals surface area (Å²) >= 11 is 0. The summed E-state index contributed by atoms with van der Waals surface area (Å²) in [5.74, 6) is -0.508. The number of esters is 1. The van der Waals surface area contributed by atoms with E-state index in [1.54, 1.807) is 0 Å². The predicted octanol–water partition coefficient (Wildman–Crippen LogP) is -0.851. The highest BCUT2D eigenvalue weighted by atomic mass is 16.5. The molecule has 0 aromatic rings. The second kappa shape index (κ2) is 2.71. The Labute approximate surface area is 70.1 Å². The molecule has 1 heterocycles. The number of rotatable bonds is 1. The molecule has 2 N–H and O–H groups in total. The molecule has 4 nitrogen and oxygen atoms in total. The van der Waals surface area contributed by atoms with Crippen LogP contribution in [0.2, 0.25) is 0 Å². The van der Waals surface area contributed by atoms with E-state index >= 15 is 0 Å². The van der Waals surface area contributed by atoms with Crippen molar-refractivity contribution in [2.24, 2.45) is 17.8 Å². The summed E-state index contributed by atoms with van der Waals surface area (Å²) in [7, 11) is 0. The molecule has 0 aromatic heterocycles. The monoisotopic (exact) mass is 172 g/mol. The van der Waals surface area contributed by atoms with Gasteiger partial charge in [0, 0.05) is 18.4 Å². The fourth-order valence-corrected chi connectivity index (χ4v) is 2.25. The standard InChI is InChI=1S/C8H12O4/c9-2-5-6-3-12-8(11)4(6)1-7(5)10/h4-7,9-10H,1-3H2/t4-,5+,6-,7+/m0/s1. The Morgan fingerprint density at radius 2 is 2.33 bits per heavy atom. The normalized spacial score (nSPS) is 46.0. The zero-order chi connectivity index (χ0) is 8.72. The van der Waals surface area contributed by atoms with Gasteiger partial charge >= 0.3 is 5.97 Å². The van der Waals surface area contributed by atoms with Gasteiger partial charge < -0.3 is 14.9 Å². The molecule has 1 aliphatic carbocycles. The van der Waals surface area contributed by atoms with Crippen LogP contribution in [-0.2, 0) is 9.53 Å². The summed E-state index contributed by atoms with van der Waals surface area (Å²) in [5, 5.41) is 18.4. The van der Waals surface area contributed by atoms with Crippen molar-refractivity contribution in [3.63, 3.8) is 0 Å². The molecule has 1 saturated carbocycles. The van der Waals surface area contributed by atoms with Gasteiger partial charge in [-0.3, -0.25) is 4.79 Å². The Bertz CT molecular complexity index is 203. The third-order valence-corrected chi connectivity index (χ3v) is 2.99. The van der Waals surface area contributed by atoms with Crippen LogP contribution in [0.3, 0.4) is 0 Å². The van der Waals surface area contributed by atoms with E-state index in [1.807, 2.05) is 0 Å². The van der Waals surface area contributed by atoms with Crippen molar-refractivity contribution in [1.29, 1.82) is 0 Å². The minimum absolute atomic E-state index is 0.0394. The zero-order valence-corrected chi connectivity index (χ0v) is 6.64. The van der Waals surface area contributed by atoms with Crippen LogP contribution in [0.5, 0.6) is 0 Å². The number of cyclic esters (lactones) is 1. The van der Waals surface area contributed by atoms with Crippen molar-refractivity contribution in [3.05, 3.63) is 0 Å². The second-order valence-corrected chi connectivity index (χ2v) is 3.55. The van der Waals surface area contributed by atoms with Crippen molar-refractivity contribution in [1.82, 2.24) is 0 Å². The lowest BCUT2D eigenvalue weighted by molar-refractivity contribution is -0.141. The summed E-state index contributed by atoms with van der Waals surface area (Å²) in [6.45, 7) is 0.310. The first kappa shape index (κ1) is 8.01. The minimum atomic E-state index is -0.530. The first-order valence-corrected chi connectivity index (χ1v) is 4.19. The highest BCUT2D eigenvalue weighted by Crippen LogP contribution is 2.41. The van der Waals surface area contributed by atoms with Crippen molar-refractivity contribution in [2.45, 2.75) is 12.5 Å². The van der Waals surface area contributed by atoms with Crippen LogP contribution in [0.15, 0.2) is 0 Å². The molecule has 4 atom stereocenters. The Morgan fingerprint density at radius 3 is 3.00 bits per heavy atom. The number of aliphatic hydroxyl groups is 2. The largest absolute Gasteiger partial charge is 0.465 e. The van der Waals surface area contributed by atoms with Gasteiger partial charge in [0.05, 0.1) is 18.6 Å². The van der Waals surface area contributed by atoms with Crippen LogP contribution in [0.25, 0.3) is 0 Å². The lowest BCUT2D eigenvalue weighted by Gasteiger charge is -2.15. The fraction of sp³-hybridized carbons (Fsp3) is 0.875. The molecule has 0 aromatic carbocycles. The van der Waals surface area contributed by atoms with Gasteiger partial charge in [-0.2, -0.15) is 0 Å². The lowest BCUT2D eigenvalue weighted by Crippen LogP contribution is -2.24. The average molecular weight is 172 g/mol.